The van der Waals surface area contributed by atoms with Gasteiger partial charge in [0.05, 0.1) is 5.75 Å². The van der Waals surface area contributed by atoms with Crippen LogP contribution in [0.3, 0.4) is 0 Å². The Balaban J connectivity index is 2.10. The molecular formula is C14H16ClN3S. The number of aromatic nitrogens is 2. The van der Waals surface area contributed by atoms with E-state index in [0.717, 1.165) is 39.4 Å². The zero-order valence-electron chi connectivity index (χ0n) is 11.0. The van der Waals surface area contributed by atoms with Crippen molar-refractivity contribution in [3.05, 3.63) is 46.9 Å². The predicted molar refractivity (Wildman–Crippen MR) is 82.0 cm³/mol. The van der Waals surface area contributed by atoms with E-state index in [4.69, 9.17) is 11.6 Å². The van der Waals surface area contributed by atoms with Gasteiger partial charge in [-0.3, -0.25) is 0 Å². The van der Waals surface area contributed by atoms with Crippen molar-refractivity contribution in [1.82, 2.24) is 9.97 Å². The van der Waals surface area contributed by atoms with Gasteiger partial charge in [0.15, 0.2) is 0 Å². The average Bonchev–Trinajstić information content (AvgIpc) is 2.44. The molecule has 0 aliphatic carbocycles. The highest BCUT2D eigenvalue weighted by molar-refractivity contribution is 7.98. The minimum absolute atomic E-state index is 0.739. The maximum atomic E-state index is 5.97. The molecule has 0 fully saturated rings. The molecule has 0 unspecified atom stereocenters. The second-order valence-electron chi connectivity index (χ2n) is 4.01. The van der Waals surface area contributed by atoms with Crippen LogP contribution in [0.25, 0.3) is 0 Å². The third kappa shape index (κ3) is 4.11. The number of thioether (sulfide) groups is 1. The number of hydrogen-bond acceptors (Lipinski definition) is 4. The minimum Gasteiger partial charge on any atom is -0.373 e. The summed E-state index contributed by atoms with van der Waals surface area (Å²) in [5.41, 5.74) is 1.06. The summed E-state index contributed by atoms with van der Waals surface area (Å²) >= 11 is 7.66. The highest BCUT2D eigenvalue weighted by atomic mass is 35.5. The fraction of sp³-hybridized carbons (Fsp3) is 0.286. The molecule has 0 atom stereocenters. The molecule has 0 bridgehead atoms. The normalized spacial score (nSPS) is 10.5. The van der Waals surface area contributed by atoms with Crippen LogP contribution in [0.15, 0.2) is 35.2 Å². The number of rotatable bonds is 5. The van der Waals surface area contributed by atoms with Gasteiger partial charge in [0.2, 0.25) is 0 Å². The van der Waals surface area contributed by atoms with Gasteiger partial charge < -0.3 is 5.32 Å². The van der Waals surface area contributed by atoms with E-state index < -0.39 is 0 Å². The summed E-state index contributed by atoms with van der Waals surface area (Å²) in [7, 11) is 1.87. The Labute approximate surface area is 122 Å². The van der Waals surface area contributed by atoms with Crippen LogP contribution in [0.4, 0.5) is 5.82 Å². The molecule has 0 aliphatic rings. The van der Waals surface area contributed by atoms with E-state index in [-0.39, 0.29) is 0 Å². The molecule has 2 aromatic rings. The molecule has 0 saturated carbocycles. The van der Waals surface area contributed by atoms with Crippen LogP contribution in [0.2, 0.25) is 5.02 Å². The summed E-state index contributed by atoms with van der Waals surface area (Å²) in [5, 5.41) is 3.82. The first-order chi connectivity index (χ1) is 9.21. The van der Waals surface area contributed by atoms with Crippen molar-refractivity contribution >= 4 is 29.2 Å². The smallest absolute Gasteiger partial charge is 0.141 e. The Hall–Kier alpha value is -1.26. The highest BCUT2D eigenvalue weighted by Gasteiger charge is 2.04. The van der Waals surface area contributed by atoms with Gasteiger partial charge >= 0.3 is 0 Å². The Kier molecular flexibility index (Phi) is 5.05. The molecule has 5 heteroatoms. The molecule has 0 radical (unpaired) electrons. The third-order valence-electron chi connectivity index (χ3n) is 2.61. The number of anilines is 1. The first-order valence-corrected chi connectivity index (χ1v) is 7.50. The van der Waals surface area contributed by atoms with Gasteiger partial charge in [-0.2, -0.15) is 0 Å². The van der Waals surface area contributed by atoms with Crippen molar-refractivity contribution in [2.24, 2.45) is 0 Å². The predicted octanol–water partition coefficient (Wildman–Crippen LogP) is 4.03. The van der Waals surface area contributed by atoms with Crippen LogP contribution in [0, 0.1) is 0 Å². The minimum atomic E-state index is 0.739. The Bertz CT molecular complexity index is 538. The standard InChI is InChI=1S/C14H16ClN3S/c1-3-11-8-13(16-2)18-14(17-11)9-19-12-6-4-5-10(15)7-12/h4-8H,3,9H2,1-2H3,(H,16,17,18). The lowest BCUT2D eigenvalue weighted by atomic mass is 10.3. The lowest BCUT2D eigenvalue weighted by Gasteiger charge is -2.06. The van der Waals surface area contributed by atoms with Gasteiger partial charge in [-0.15, -0.1) is 11.8 Å². The van der Waals surface area contributed by atoms with Crippen LogP contribution in [-0.4, -0.2) is 17.0 Å². The summed E-state index contributed by atoms with van der Waals surface area (Å²) in [6, 6.07) is 9.80. The van der Waals surface area contributed by atoms with E-state index in [1.807, 2.05) is 37.4 Å². The van der Waals surface area contributed by atoms with Crippen LogP contribution in [0.1, 0.15) is 18.4 Å². The molecule has 100 valence electrons. The molecule has 0 amide bonds. The molecule has 2 rings (SSSR count). The lowest BCUT2D eigenvalue weighted by molar-refractivity contribution is 0.941. The zero-order valence-corrected chi connectivity index (χ0v) is 12.6. The second kappa shape index (κ2) is 6.78. The molecular weight excluding hydrogens is 278 g/mol. The van der Waals surface area contributed by atoms with Crippen LogP contribution >= 0.6 is 23.4 Å². The monoisotopic (exact) mass is 293 g/mol. The van der Waals surface area contributed by atoms with Crippen LogP contribution in [-0.2, 0) is 12.2 Å². The summed E-state index contributed by atoms with van der Waals surface area (Å²) < 4.78 is 0. The zero-order chi connectivity index (χ0) is 13.7. The topological polar surface area (TPSA) is 37.8 Å². The van der Waals surface area contributed by atoms with E-state index in [2.05, 4.69) is 22.2 Å². The lowest BCUT2D eigenvalue weighted by Crippen LogP contribution is -2.02. The van der Waals surface area contributed by atoms with E-state index in [1.165, 1.54) is 0 Å². The van der Waals surface area contributed by atoms with E-state index in [9.17, 15) is 0 Å². The number of halogens is 1. The fourth-order valence-corrected chi connectivity index (χ4v) is 2.70. The van der Waals surface area contributed by atoms with Crippen molar-refractivity contribution in [3.63, 3.8) is 0 Å². The Morgan fingerprint density at radius 2 is 2.11 bits per heavy atom. The van der Waals surface area contributed by atoms with Crippen molar-refractivity contribution in [3.8, 4) is 0 Å². The first-order valence-electron chi connectivity index (χ1n) is 6.14. The second-order valence-corrected chi connectivity index (χ2v) is 5.50. The maximum absolute atomic E-state index is 5.97. The summed E-state index contributed by atoms with van der Waals surface area (Å²) in [4.78, 5) is 10.1. The summed E-state index contributed by atoms with van der Waals surface area (Å²) in [6.07, 6.45) is 0.909. The molecule has 0 spiro atoms. The largest absolute Gasteiger partial charge is 0.373 e. The highest BCUT2D eigenvalue weighted by Crippen LogP contribution is 2.24. The van der Waals surface area contributed by atoms with Crippen LogP contribution in [0.5, 0.6) is 0 Å². The average molecular weight is 294 g/mol. The number of hydrogen-bond donors (Lipinski definition) is 1. The van der Waals surface area contributed by atoms with Gasteiger partial charge in [-0.05, 0) is 24.6 Å². The van der Waals surface area contributed by atoms with Gasteiger partial charge in [0.25, 0.3) is 0 Å². The van der Waals surface area contributed by atoms with Gasteiger partial charge in [0, 0.05) is 28.7 Å². The SMILES string of the molecule is CCc1cc(NC)nc(CSc2cccc(Cl)c2)n1. The number of nitrogens with one attached hydrogen (secondary N) is 1. The van der Waals surface area contributed by atoms with Crippen molar-refractivity contribution in [2.45, 2.75) is 24.0 Å². The van der Waals surface area contributed by atoms with Crippen molar-refractivity contribution in [1.29, 1.82) is 0 Å². The molecule has 0 aliphatic heterocycles. The van der Waals surface area contributed by atoms with Gasteiger partial charge in [0.1, 0.15) is 11.6 Å². The molecule has 1 N–H and O–H groups in total. The molecule has 3 nitrogen and oxygen atoms in total. The number of aryl methyl sites for hydroxylation is 1. The van der Waals surface area contributed by atoms with Crippen molar-refractivity contribution < 1.29 is 0 Å². The Morgan fingerprint density at radius 3 is 2.79 bits per heavy atom. The van der Waals surface area contributed by atoms with Crippen molar-refractivity contribution in [2.75, 3.05) is 12.4 Å². The van der Waals surface area contributed by atoms with Gasteiger partial charge in [-0.1, -0.05) is 24.6 Å². The maximum Gasteiger partial charge on any atom is 0.141 e. The Morgan fingerprint density at radius 1 is 1.26 bits per heavy atom. The van der Waals surface area contributed by atoms with E-state index in [0.29, 0.717) is 0 Å². The van der Waals surface area contributed by atoms with E-state index in [1.54, 1.807) is 11.8 Å². The first kappa shape index (κ1) is 14.2. The fourth-order valence-electron chi connectivity index (χ4n) is 1.63. The molecule has 1 aromatic heterocycles. The molecule has 1 heterocycles. The van der Waals surface area contributed by atoms with Crippen LogP contribution < -0.4 is 5.32 Å². The number of benzene rings is 1. The summed E-state index contributed by atoms with van der Waals surface area (Å²) in [5.74, 6) is 2.45. The number of nitrogens with zero attached hydrogens (tertiary/aromatic N) is 2. The summed E-state index contributed by atoms with van der Waals surface area (Å²) in [6.45, 7) is 2.09. The quantitative estimate of drug-likeness (QED) is 0.845. The van der Waals surface area contributed by atoms with E-state index >= 15 is 0 Å². The third-order valence-corrected chi connectivity index (χ3v) is 3.83. The van der Waals surface area contributed by atoms with Gasteiger partial charge in [-0.25, -0.2) is 9.97 Å². The molecule has 19 heavy (non-hydrogen) atoms. The molecule has 0 saturated heterocycles. The molecule has 1 aromatic carbocycles.